The number of hydrogen-bond acceptors (Lipinski definition) is 3. The maximum Gasteiger partial charge on any atom is 0.246 e. The minimum absolute atomic E-state index is 0.0738. The van der Waals surface area contributed by atoms with Crippen LogP contribution < -0.4 is 5.32 Å². The molecule has 0 aliphatic carbocycles. The summed E-state index contributed by atoms with van der Waals surface area (Å²) in [4.78, 5) is 12.4. The van der Waals surface area contributed by atoms with Crippen LogP contribution in [-0.4, -0.2) is 25.5 Å². The first-order valence-electron chi connectivity index (χ1n) is 8.22. The fourth-order valence-corrected chi connectivity index (χ4v) is 3.21. The van der Waals surface area contributed by atoms with E-state index in [0.29, 0.717) is 33.0 Å². The van der Waals surface area contributed by atoms with Crippen molar-refractivity contribution in [2.45, 2.75) is 33.9 Å². The molecular formula is C18H18Cl3N5O. The molecule has 0 atom stereocenters. The van der Waals surface area contributed by atoms with E-state index in [1.165, 1.54) is 4.68 Å². The number of hydrogen-bond donors (Lipinski definition) is 1. The molecule has 1 amide bonds. The first kappa shape index (κ1) is 19.7. The smallest absolute Gasteiger partial charge is 0.246 e. The van der Waals surface area contributed by atoms with E-state index < -0.39 is 0 Å². The molecule has 0 aliphatic rings. The van der Waals surface area contributed by atoms with Gasteiger partial charge in [0.05, 0.1) is 44.4 Å². The first-order chi connectivity index (χ1) is 12.7. The molecule has 0 radical (unpaired) electrons. The number of nitrogens with one attached hydrogen (secondary N) is 1. The van der Waals surface area contributed by atoms with Crippen molar-refractivity contribution in [3.05, 3.63) is 62.1 Å². The average molecular weight is 427 g/mol. The number of carbonyl (C=O) groups is 1. The van der Waals surface area contributed by atoms with E-state index in [1.807, 2.05) is 30.7 Å². The van der Waals surface area contributed by atoms with Gasteiger partial charge in [-0.1, -0.05) is 40.9 Å². The van der Waals surface area contributed by atoms with Crippen LogP contribution in [0.5, 0.6) is 0 Å². The highest BCUT2D eigenvalue weighted by molar-refractivity contribution is 6.42. The highest BCUT2D eigenvalue weighted by Gasteiger charge is 2.15. The summed E-state index contributed by atoms with van der Waals surface area (Å²) in [7, 11) is 0. The van der Waals surface area contributed by atoms with Gasteiger partial charge in [0.1, 0.15) is 6.54 Å². The Labute approximate surface area is 172 Å². The predicted molar refractivity (Wildman–Crippen MR) is 108 cm³/mol. The maximum absolute atomic E-state index is 12.4. The second kappa shape index (κ2) is 7.92. The van der Waals surface area contributed by atoms with Crippen LogP contribution in [0.15, 0.2) is 24.4 Å². The zero-order valence-corrected chi connectivity index (χ0v) is 17.3. The first-order valence-corrected chi connectivity index (χ1v) is 9.35. The molecule has 1 aromatic carbocycles. The third-order valence-corrected chi connectivity index (χ3v) is 5.26. The number of benzene rings is 1. The lowest BCUT2D eigenvalue weighted by Gasteiger charge is -2.08. The summed E-state index contributed by atoms with van der Waals surface area (Å²) in [5, 5.41) is 13.2. The second-order valence-electron chi connectivity index (χ2n) is 6.26. The van der Waals surface area contributed by atoms with Crippen molar-refractivity contribution in [3.63, 3.8) is 0 Å². The summed E-state index contributed by atoms with van der Waals surface area (Å²) in [6.45, 7) is 6.14. The zero-order chi connectivity index (χ0) is 19.7. The van der Waals surface area contributed by atoms with Gasteiger partial charge in [0.25, 0.3) is 0 Å². The Kier molecular flexibility index (Phi) is 5.79. The zero-order valence-electron chi connectivity index (χ0n) is 15.1. The van der Waals surface area contributed by atoms with Crippen molar-refractivity contribution in [3.8, 4) is 0 Å². The summed E-state index contributed by atoms with van der Waals surface area (Å²) < 4.78 is 3.33. The molecule has 0 saturated carbocycles. The highest BCUT2D eigenvalue weighted by Crippen LogP contribution is 2.25. The SMILES string of the molecule is Cc1nn(CC(=O)Nc2c(C)nn(Cc3ccc(Cl)c(Cl)c3)c2C)cc1Cl. The highest BCUT2D eigenvalue weighted by atomic mass is 35.5. The van der Waals surface area contributed by atoms with Crippen LogP contribution in [-0.2, 0) is 17.9 Å². The Balaban J connectivity index is 1.74. The maximum atomic E-state index is 12.4. The van der Waals surface area contributed by atoms with Gasteiger partial charge in [-0.05, 0) is 38.5 Å². The molecule has 3 aromatic rings. The molecule has 2 heterocycles. The fourth-order valence-electron chi connectivity index (χ4n) is 2.74. The number of amides is 1. The molecule has 6 nitrogen and oxygen atoms in total. The summed E-state index contributed by atoms with van der Waals surface area (Å²) >= 11 is 18.0. The molecule has 0 unspecified atom stereocenters. The van der Waals surface area contributed by atoms with Crippen LogP contribution in [0.1, 0.15) is 22.6 Å². The molecule has 1 N–H and O–H groups in total. The average Bonchev–Trinajstić information content (AvgIpc) is 3.04. The van der Waals surface area contributed by atoms with E-state index in [1.54, 1.807) is 19.2 Å². The van der Waals surface area contributed by atoms with Crippen LogP contribution in [0.4, 0.5) is 5.69 Å². The molecule has 0 spiro atoms. The van der Waals surface area contributed by atoms with Crippen molar-refractivity contribution < 1.29 is 4.79 Å². The lowest BCUT2D eigenvalue weighted by atomic mass is 10.2. The number of halogens is 3. The van der Waals surface area contributed by atoms with Crippen molar-refractivity contribution >= 4 is 46.4 Å². The van der Waals surface area contributed by atoms with E-state index in [4.69, 9.17) is 34.8 Å². The minimum Gasteiger partial charge on any atom is -0.321 e. The van der Waals surface area contributed by atoms with E-state index in [-0.39, 0.29) is 12.5 Å². The van der Waals surface area contributed by atoms with Gasteiger partial charge >= 0.3 is 0 Å². The van der Waals surface area contributed by atoms with Crippen molar-refractivity contribution in [2.75, 3.05) is 5.32 Å². The Morgan fingerprint density at radius 3 is 2.41 bits per heavy atom. The molecule has 0 aliphatic heterocycles. The van der Waals surface area contributed by atoms with Gasteiger partial charge in [-0.3, -0.25) is 14.2 Å². The van der Waals surface area contributed by atoms with Crippen LogP contribution in [0.3, 0.4) is 0 Å². The molecule has 142 valence electrons. The van der Waals surface area contributed by atoms with E-state index in [9.17, 15) is 4.79 Å². The predicted octanol–water partition coefficient (Wildman–Crippen LogP) is 4.65. The van der Waals surface area contributed by atoms with Crippen LogP contribution >= 0.6 is 34.8 Å². The molecule has 0 saturated heterocycles. The minimum atomic E-state index is -0.200. The lowest BCUT2D eigenvalue weighted by Crippen LogP contribution is -2.20. The molecular weight excluding hydrogens is 409 g/mol. The number of aromatic nitrogens is 4. The van der Waals surface area contributed by atoms with Gasteiger partial charge in [-0.25, -0.2) is 0 Å². The molecule has 0 bridgehead atoms. The fraction of sp³-hybridized carbons (Fsp3) is 0.278. The Bertz CT molecular complexity index is 989. The van der Waals surface area contributed by atoms with Crippen LogP contribution in [0, 0.1) is 20.8 Å². The molecule has 0 fully saturated rings. The quantitative estimate of drug-likeness (QED) is 0.646. The normalized spacial score (nSPS) is 11.0. The summed E-state index contributed by atoms with van der Waals surface area (Å²) in [5.74, 6) is -0.200. The molecule has 3 rings (SSSR count). The standard InChI is InChI=1S/C18H18Cl3N5O/c1-10-16(21)8-25(23-10)9-17(27)22-18-11(2)24-26(12(18)3)7-13-4-5-14(19)15(20)6-13/h4-6,8H,7,9H2,1-3H3,(H,22,27). The summed E-state index contributed by atoms with van der Waals surface area (Å²) in [5.41, 5.74) is 3.92. The van der Waals surface area contributed by atoms with Gasteiger partial charge in [0.2, 0.25) is 5.91 Å². The topological polar surface area (TPSA) is 64.7 Å². The van der Waals surface area contributed by atoms with Gasteiger partial charge in [-0.15, -0.1) is 0 Å². The Morgan fingerprint density at radius 1 is 1.04 bits per heavy atom. The molecule has 27 heavy (non-hydrogen) atoms. The number of carbonyl (C=O) groups excluding carboxylic acids is 1. The lowest BCUT2D eigenvalue weighted by molar-refractivity contribution is -0.116. The van der Waals surface area contributed by atoms with Crippen molar-refractivity contribution in [2.24, 2.45) is 0 Å². The number of aryl methyl sites for hydroxylation is 2. The van der Waals surface area contributed by atoms with Crippen LogP contribution in [0.2, 0.25) is 15.1 Å². The molecule has 9 heteroatoms. The monoisotopic (exact) mass is 425 g/mol. The number of rotatable bonds is 5. The Hall–Kier alpha value is -2.02. The van der Waals surface area contributed by atoms with Gasteiger partial charge in [0.15, 0.2) is 0 Å². The number of anilines is 1. The third kappa shape index (κ3) is 4.46. The summed E-state index contributed by atoms with van der Waals surface area (Å²) in [6, 6.07) is 5.46. The summed E-state index contributed by atoms with van der Waals surface area (Å²) in [6.07, 6.45) is 1.63. The van der Waals surface area contributed by atoms with Crippen LogP contribution in [0.25, 0.3) is 0 Å². The van der Waals surface area contributed by atoms with Gasteiger partial charge in [0, 0.05) is 6.20 Å². The van der Waals surface area contributed by atoms with E-state index in [0.717, 1.165) is 17.0 Å². The van der Waals surface area contributed by atoms with E-state index >= 15 is 0 Å². The Morgan fingerprint density at radius 2 is 1.78 bits per heavy atom. The second-order valence-corrected chi connectivity index (χ2v) is 7.48. The molecule has 2 aromatic heterocycles. The van der Waals surface area contributed by atoms with Crippen molar-refractivity contribution in [1.29, 1.82) is 0 Å². The van der Waals surface area contributed by atoms with Crippen molar-refractivity contribution in [1.82, 2.24) is 19.6 Å². The largest absolute Gasteiger partial charge is 0.321 e. The van der Waals surface area contributed by atoms with Gasteiger partial charge < -0.3 is 5.32 Å². The van der Waals surface area contributed by atoms with Gasteiger partial charge in [-0.2, -0.15) is 10.2 Å². The third-order valence-electron chi connectivity index (χ3n) is 4.15. The number of nitrogens with zero attached hydrogens (tertiary/aromatic N) is 4. The van der Waals surface area contributed by atoms with E-state index in [2.05, 4.69) is 15.5 Å².